The zero-order chi connectivity index (χ0) is 29.7. The van der Waals surface area contributed by atoms with E-state index in [1.54, 1.807) is 42.5 Å². The van der Waals surface area contributed by atoms with Crippen LogP contribution < -0.4 is 19.5 Å². The Bertz CT molecular complexity index is 1780. The lowest BCUT2D eigenvalue weighted by molar-refractivity contribution is -0.132. The molecular weight excluding hydrogens is 544 g/mol. The number of carbonyl (C=O) groups is 3. The highest BCUT2D eigenvalue weighted by molar-refractivity contribution is 7.93. The van der Waals surface area contributed by atoms with Gasteiger partial charge in [0.25, 0.3) is 10.0 Å². The van der Waals surface area contributed by atoms with Gasteiger partial charge >= 0.3 is 11.9 Å². The highest BCUT2D eigenvalue weighted by Crippen LogP contribution is 2.31. The Kier molecular flexibility index (Phi) is 8.53. The summed E-state index contributed by atoms with van der Waals surface area (Å²) in [5, 5.41) is 3.75. The molecule has 0 aliphatic carbocycles. The van der Waals surface area contributed by atoms with Crippen LogP contribution in [-0.2, 0) is 24.4 Å². The first-order chi connectivity index (χ1) is 19.4. The number of ether oxygens (including phenoxy) is 2. The van der Waals surface area contributed by atoms with E-state index in [2.05, 4.69) is 10.0 Å². The van der Waals surface area contributed by atoms with E-state index in [0.29, 0.717) is 27.7 Å². The number of carbonyl (C=O) groups excluding carboxylic acids is 3. The monoisotopic (exact) mass is 572 g/mol. The summed E-state index contributed by atoms with van der Waals surface area (Å²) in [7, 11) is -3.94. The summed E-state index contributed by atoms with van der Waals surface area (Å²) in [6.45, 7) is 6.23. The molecule has 0 atom stereocenters. The zero-order valence-electron chi connectivity index (χ0n) is 22.8. The Morgan fingerprint density at radius 3 is 2.00 bits per heavy atom. The van der Waals surface area contributed by atoms with Crippen LogP contribution in [0.4, 0.5) is 11.4 Å². The number of sulfonamides is 1. The van der Waals surface area contributed by atoms with E-state index in [1.165, 1.54) is 50.3 Å². The third-order valence-corrected chi connectivity index (χ3v) is 7.55. The van der Waals surface area contributed by atoms with Crippen molar-refractivity contribution in [1.82, 2.24) is 0 Å². The number of anilines is 2. The van der Waals surface area contributed by atoms with Gasteiger partial charge in [-0.1, -0.05) is 36.4 Å². The first-order valence-corrected chi connectivity index (χ1v) is 14.0. The van der Waals surface area contributed by atoms with Crippen molar-refractivity contribution < 1.29 is 32.3 Å². The molecule has 0 aliphatic heterocycles. The summed E-state index contributed by atoms with van der Waals surface area (Å²) in [6.07, 6.45) is 2.72. The Morgan fingerprint density at radius 1 is 0.756 bits per heavy atom. The molecule has 0 spiro atoms. The molecule has 9 nitrogen and oxygen atoms in total. The van der Waals surface area contributed by atoms with E-state index >= 15 is 0 Å². The summed E-state index contributed by atoms with van der Waals surface area (Å²) < 4.78 is 39.6. The second-order valence-corrected chi connectivity index (χ2v) is 10.9. The number of benzene rings is 4. The van der Waals surface area contributed by atoms with Crippen molar-refractivity contribution in [3.05, 3.63) is 95.6 Å². The molecule has 10 heteroatoms. The van der Waals surface area contributed by atoms with E-state index in [0.717, 1.165) is 11.1 Å². The van der Waals surface area contributed by atoms with E-state index in [9.17, 15) is 22.8 Å². The van der Waals surface area contributed by atoms with Crippen molar-refractivity contribution in [2.75, 3.05) is 10.0 Å². The Hall–Kier alpha value is -4.96. The van der Waals surface area contributed by atoms with E-state index in [4.69, 9.17) is 9.47 Å². The smallest absolute Gasteiger partial charge is 0.308 e. The van der Waals surface area contributed by atoms with Crippen LogP contribution in [0.1, 0.15) is 30.5 Å². The van der Waals surface area contributed by atoms with Crippen LogP contribution in [0, 0.1) is 13.8 Å². The molecule has 4 rings (SSSR count). The maximum atomic E-state index is 13.4. The molecule has 0 heterocycles. The molecule has 0 bridgehead atoms. The van der Waals surface area contributed by atoms with Gasteiger partial charge in [-0.3, -0.25) is 19.1 Å². The van der Waals surface area contributed by atoms with Crippen molar-refractivity contribution in [1.29, 1.82) is 0 Å². The predicted octanol–water partition coefficient (Wildman–Crippen LogP) is 5.76. The molecule has 1 amide bonds. The third-order valence-electron chi connectivity index (χ3n) is 6.13. The quantitative estimate of drug-likeness (QED) is 0.156. The molecular formula is C31H28N2O7S. The Morgan fingerprint density at radius 2 is 1.34 bits per heavy atom. The normalized spacial score (nSPS) is 11.3. The lowest BCUT2D eigenvalue weighted by Gasteiger charge is -2.15. The second kappa shape index (κ2) is 12.1. The molecule has 41 heavy (non-hydrogen) atoms. The summed E-state index contributed by atoms with van der Waals surface area (Å²) in [6, 6.07) is 19.7. The number of nitrogens with one attached hydrogen (secondary N) is 2. The fraction of sp³-hybridized carbons (Fsp3) is 0.129. The van der Waals surface area contributed by atoms with Gasteiger partial charge in [-0.15, -0.1) is 0 Å². The van der Waals surface area contributed by atoms with Gasteiger partial charge < -0.3 is 14.8 Å². The van der Waals surface area contributed by atoms with Gasteiger partial charge in [0.15, 0.2) is 0 Å². The first-order valence-electron chi connectivity index (χ1n) is 12.5. The van der Waals surface area contributed by atoms with Gasteiger partial charge in [0.05, 0.1) is 10.6 Å². The second-order valence-electron chi connectivity index (χ2n) is 9.26. The summed E-state index contributed by atoms with van der Waals surface area (Å²) in [5.41, 5.74) is 3.14. The van der Waals surface area contributed by atoms with Crippen LogP contribution in [0.25, 0.3) is 16.8 Å². The number of aryl methyl sites for hydroxylation is 1. The van der Waals surface area contributed by atoms with Gasteiger partial charge in [-0.2, -0.15) is 0 Å². The number of esters is 2. The SMILES string of the molecule is CC(=O)Oc1cc(C=CC(=O)Nc2cccc3c(S(=O)(=O)Nc4cccc(C)c4C)cccc23)cc(OC(C)=O)c1. The highest BCUT2D eigenvalue weighted by atomic mass is 32.2. The minimum Gasteiger partial charge on any atom is -0.427 e. The molecule has 0 fully saturated rings. The number of amides is 1. The third kappa shape index (κ3) is 7.17. The lowest BCUT2D eigenvalue weighted by Crippen LogP contribution is -2.15. The van der Waals surface area contributed by atoms with Crippen LogP contribution in [0.5, 0.6) is 11.5 Å². The summed E-state index contributed by atoms with van der Waals surface area (Å²) >= 11 is 0. The molecule has 0 saturated heterocycles. The number of fused-ring (bicyclic) bond motifs is 1. The molecule has 210 valence electrons. The zero-order valence-corrected chi connectivity index (χ0v) is 23.7. The first kappa shape index (κ1) is 29.0. The maximum absolute atomic E-state index is 13.4. The number of rotatable bonds is 8. The summed E-state index contributed by atoms with van der Waals surface area (Å²) in [4.78, 5) is 35.7. The van der Waals surface area contributed by atoms with Crippen molar-refractivity contribution >= 4 is 56.1 Å². The van der Waals surface area contributed by atoms with Crippen molar-refractivity contribution in [2.45, 2.75) is 32.6 Å². The van der Waals surface area contributed by atoms with E-state index in [-0.39, 0.29) is 16.4 Å². The van der Waals surface area contributed by atoms with Gasteiger partial charge in [0, 0.05) is 42.4 Å². The maximum Gasteiger partial charge on any atom is 0.308 e. The molecule has 4 aromatic carbocycles. The van der Waals surface area contributed by atoms with Crippen molar-refractivity contribution in [2.24, 2.45) is 0 Å². The minimum absolute atomic E-state index is 0.0721. The fourth-order valence-electron chi connectivity index (χ4n) is 4.17. The van der Waals surface area contributed by atoms with Crippen LogP contribution in [0.2, 0.25) is 0 Å². The lowest BCUT2D eigenvalue weighted by atomic mass is 10.1. The van der Waals surface area contributed by atoms with E-state index < -0.39 is 27.9 Å². The molecule has 0 aliphatic rings. The van der Waals surface area contributed by atoms with Crippen LogP contribution >= 0.6 is 0 Å². The van der Waals surface area contributed by atoms with Gasteiger partial charge in [0.1, 0.15) is 11.5 Å². The molecule has 4 aromatic rings. The van der Waals surface area contributed by atoms with Gasteiger partial charge in [-0.05, 0) is 66.9 Å². The Balaban J connectivity index is 1.61. The standard InChI is InChI=1S/C31H28N2O7S/c1-19-8-5-11-28(20(19)2)33-41(37,38)30-13-7-9-26-27(30)10-6-12-29(26)32-31(36)15-14-23-16-24(39-21(3)34)18-25(17-23)40-22(4)35/h5-18,33H,1-4H3,(H,32,36). The largest absolute Gasteiger partial charge is 0.427 e. The van der Waals surface area contributed by atoms with Crippen LogP contribution in [0.3, 0.4) is 0 Å². The average Bonchev–Trinajstić information content (AvgIpc) is 2.89. The minimum atomic E-state index is -3.94. The molecule has 0 unspecified atom stereocenters. The molecule has 0 radical (unpaired) electrons. The topological polar surface area (TPSA) is 128 Å². The fourth-order valence-corrected chi connectivity index (χ4v) is 5.52. The van der Waals surface area contributed by atoms with Crippen molar-refractivity contribution in [3.63, 3.8) is 0 Å². The van der Waals surface area contributed by atoms with Crippen LogP contribution in [-0.4, -0.2) is 26.3 Å². The molecule has 0 aromatic heterocycles. The van der Waals surface area contributed by atoms with Crippen LogP contribution in [0.15, 0.2) is 83.8 Å². The summed E-state index contributed by atoms with van der Waals surface area (Å²) in [5.74, 6) is -1.31. The predicted molar refractivity (Wildman–Crippen MR) is 157 cm³/mol. The number of hydrogen-bond acceptors (Lipinski definition) is 7. The van der Waals surface area contributed by atoms with Gasteiger partial charge in [-0.25, -0.2) is 8.42 Å². The Labute approximate surface area is 237 Å². The van der Waals surface area contributed by atoms with Gasteiger partial charge in [0.2, 0.25) is 5.91 Å². The van der Waals surface area contributed by atoms with Crippen molar-refractivity contribution in [3.8, 4) is 11.5 Å². The highest BCUT2D eigenvalue weighted by Gasteiger charge is 2.20. The molecule has 2 N–H and O–H groups in total. The molecule has 0 saturated carbocycles. The number of hydrogen-bond donors (Lipinski definition) is 2. The van der Waals surface area contributed by atoms with E-state index in [1.807, 2.05) is 19.9 Å². The average molecular weight is 573 g/mol.